The third-order valence-corrected chi connectivity index (χ3v) is 3.78. The van der Waals surface area contributed by atoms with E-state index in [0.29, 0.717) is 29.5 Å². The highest BCUT2D eigenvalue weighted by atomic mass is 16.6. The van der Waals surface area contributed by atoms with Gasteiger partial charge in [-0.15, -0.1) is 0 Å². The van der Waals surface area contributed by atoms with Crippen LogP contribution in [0.15, 0.2) is 53.2 Å². The van der Waals surface area contributed by atoms with Crippen LogP contribution in [0.3, 0.4) is 0 Å². The van der Waals surface area contributed by atoms with E-state index in [-0.39, 0.29) is 11.7 Å². The van der Waals surface area contributed by atoms with Gasteiger partial charge >= 0.3 is 0 Å². The number of hydrogen-bond donors (Lipinski definition) is 1. The smallest absolute Gasteiger partial charge is 0.256 e. The van der Waals surface area contributed by atoms with Crippen LogP contribution in [0.1, 0.15) is 24.2 Å². The fraction of sp³-hybridized carbons (Fsp3) is 0.250. The van der Waals surface area contributed by atoms with Crippen LogP contribution in [0.4, 0.5) is 5.82 Å². The van der Waals surface area contributed by atoms with Crippen molar-refractivity contribution in [1.29, 1.82) is 0 Å². The van der Waals surface area contributed by atoms with Gasteiger partial charge < -0.3 is 14.8 Å². The first-order valence-electron chi connectivity index (χ1n) is 8.58. The predicted octanol–water partition coefficient (Wildman–Crippen LogP) is 4.03. The number of methoxy groups -OCH3 is 1. The number of aromatic nitrogens is 2. The summed E-state index contributed by atoms with van der Waals surface area (Å²) in [6.07, 6.45) is 0. The van der Waals surface area contributed by atoms with Crippen molar-refractivity contribution in [1.82, 2.24) is 10.3 Å². The molecule has 0 aliphatic carbocycles. The molecular weight excluding hydrogens is 346 g/mol. The first kappa shape index (κ1) is 18.4. The predicted molar refractivity (Wildman–Crippen MR) is 101 cm³/mol. The second kappa shape index (κ2) is 8.35. The van der Waals surface area contributed by atoms with Gasteiger partial charge in [-0.1, -0.05) is 13.8 Å². The fourth-order valence-electron chi connectivity index (χ4n) is 2.35. The molecule has 2 aromatic carbocycles. The van der Waals surface area contributed by atoms with Crippen molar-refractivity contribution < 1.29 is 18.9 Å². The van der Waals surface area contributed by atoms with Gasteiger partial charge in [-0.3, -0.25) is 4.79 Å². The molecule has 1 amide bonds. The van der Waals surface area contributed by atoms with E-state index in [2.05, 4.69) is 29.5 Å². The number of carbonyl (C=O) groups is 1. The van der Waals surface area contributed by atoms with Crippen molar-refractivity contribution in [2.24, 2.45) is 5.92 Å². The average molecular weight is 367 g/mol. The summed E-state index contributed by atoms with van der Waals surface area (Å²) in [6, 6.07) is 14.2. The minimum Gasteiger partial charge on any atom is -0.497 e. The number of benzene rings is 2. The summed E-state index contributed by atoms with van der Waals surface area (Å²) in [5.41, 5.74) is 1.69. The second-order valence-corrected chi connectivity index (χ2v) is 6.37. The Kier molecular flexibility index (Phi) is 5.71. The monoisotopic (exact) mass is 367 g/mol. The Morgan fingerprint density at radius 1 is 1.04 bits per heavy atom. The number of nitrogens with one attached hydrogen (secondary N) is 1. The third-order valence-electron chi connectivity index (χ3n) is 3.78. The molecule has 0 fully saturated rings. The molecule has 0 aliphatic heterocycles. The van der Waals surface area contributed by atoms with E-state index in [1.807, 2.05) is 24.3 Å². The molecule has 0 spiro atoms. The van der Waals surface area contributed by atoms with E-state index in [9.17, 15) is 4.79 Å². The molecule has 1 heterocycles. The molecule has 0 bridgehead atoms. The molecule has 0 saturated heterocycles. The zero-order valence-corrected chi connectivity index (χ0v) is 15.4. The summed E-state index contributed by atoms with van der Waals surface area (Å²) in [7, 11) is 1.57. The van der Waals surface area contributed by atoms with Gasteiger partial charge in [0.2, 0.25) is 5.82 Å². The van der Waals surface area contributed by atoms with Crippen LogP contribution in [0.5, 0.6) is 11.5 Å². The lowest BCUT2D eigenvalue weighted by molar-refractivity contribution is 0.102. The quantitative estimate of drug-likeness (QED) is 0.678. The molecule has 1 aromatic heterocycles. The maximum atomic E-state index is 12.4. The largest absolute Gasteiger partial charge is 0.497 e. The first-order valence-corrected chi connectivity index (χ1v) is 8.58. The van der Waals surface area contributed by atoms with E-state index >= 15 is 0 Å². The summed E-state index contributed by atoms with van der Waals surface area (Å²) in [6.45, 7) is 4.83. The number of nitrogens with zero attached hydrogens (tertiary/aromatic N) is 2. The van der Waals surface area contributed by atoms with Crippen molar-refractivity contribution >= 4 is 11.7 Å². The lowest BCUT2D eigenvalue weighted by Crippen LogP contribution is -2.12. The number of rotatable bonds is 7. The molecule has 3 aromatic rings. The van der Waals surface area contributed by atoms with Gasteiger partial charge in [-0.2, -0.15) is 0 Å². The van der Waals surface area contributed by atoms with E-state index in [4.69, 9.17) is 14.1 Å². The van der Waals surface area contributed by atoms with E-state index < -0.39 is 0 Å². The maximum absolute atomic E-state index is 12.4. The van der Waals surface area contributed by atoms with Crippen LogP contribution in [0.2, 0.25) is 0 Å². The van der Waals surface area contributed by atoms with Gasteiger partial charge in [0.25, 0.3) is 5.91 Å². The van der Waals surface area contributed by atoms with Gasteiger partial charge in [-0.05, 0) is 64.8 Å². The Labute approximate surface area is 157 Å². The number of hydrogen-bond acceptors (Lipinski definition) is 6. The zero-order valence-electron chi connectivity index (χ0n) is 15.4. The minimum atomic E-state index is -0.313. The molecule has 0 saturated carbocycles. The Balaban J connectivity index is 1.72. The van der Waals surface area contributed by atoms with E-state index in [1.165, 1.54) is 0 Å². The molecule has 0 atom stereocenters. The van der Waals surface area contributed by atoms with Crippen LogP contribution in [-0.2, 0) is 0 Å². The van der Waals surface area contributed by atoms with Crippen LogP contribution in [-0.4, -0.2) is 29.9 Å². The third kappa shape index (κ3) is 4.63. The molecular formula is C20H21N3O4. The van der Waals surface area contributed by atoms with Crippen molar-refractivity contribution in [3.05, 3.63) is 54.1 Å². The maximum Gasteiger partial charge on any atom is 0.256 e. The number of amides is 1. The molecule has 0 unspecified atom stereocenters. The van der Waals surface area contributed by atoms with E-state index in [0.717, 1.165) is 11.3 Å². The van der Waals surface area contributed by atoms with Gasteiger partial charge in [0.1, 0.15) is 11.5 Å². The van der Waals surface area contributed by atoms with Crippen LogP contribution < -0.4 is 14.8 Å². The van der Waals surface area contributed by atoms with Crippen LogP contribution in [0.25, 0.3) is 11.3 Å². The summed E-state index contributed by atoms with van der Waals surface area (Å²) in [5.74, 6) is 1.84. The summed E-state index contributed by atoms with van der Waals surface area (Å²) in [4.78, 5) is 12.4. The SMILES string of the molecule is COc1ccc(C(=O)Nc2nonc2-c2ccc(OCC(C)C)cc2)cc1. The van der Waals surface area contributed by atoms with Crippen LogP contribution >= 0.6 is 0 Å². The number of carbonyl (C=O) groups excluding carboxylic acids is 1. The highest BCUT2D eigenvalue weighted by molar-refractivity contribution is 6.05. The van der Waals surface area contributed by atoms with Gasteiger partial charge in [0, 0.05) is 11.1 Å². The lowest BCUT2D eigenvalue weighted by atomic mass is 10.1. The normalized spacial score (nSPS) is 10.7. The van der Waals surface area contributed by atoms with Gasteiger partial charge in [-0.25, -0.2) is 4.63 Å². The number of anilines is 1. The van der Waals surface area contributed by atoms with Crippen molar-refractivity contribution in [3.8, 4) is 22.8 Å². The lowest BCUT2D eigenvalue weighted by Gasteiger charge is -2.09. The molecule has 0 radical (unpaired) electrons. The average Bonchev–Trinajstić information content (AvgIpc) is 3.15. The summed E-state index contributed by atoms with van der Waals surface area (Å²) >= 11 is 0. The first-order chi connectivity index (χ1) is 13.1. The highest BCUT2D eigenvalue weighted by Gasteiger charge is 2.16. The Morgan fingerprint density at radius 2 is 1.70 bits per heavy atom. The van der Waals surface area contributed by atoms with Crippen molar-refractivity contribution in [2.75, 3.05) is 19.0 Å². The molecule has 1 N–H and O–H groups in total. The summed E-state index contributed by atoms with van der Waals surface area (Å²) < 4.78 is 15.6. The second-order valence-electron chi connectivity index (χ2n) is 6.37. The molecule has 7 heteroatoms. The summed E-state index contributed by atoms with van der Waals surface area (Å²) in [5, 5.41) is 10.4. The van der Waals surface area contributed by atoms with E-state index in [1.54, 1.807) is 31.4 Å². The number of ether oxygens (including phenoxy) is 2. The molecule has 140 valence electrons. The standard InChI is InChI=1S/C20H21N3O4/c1-13(2)12-26-17-10-4-14(5-11-17)18-19(23-27-22-18)21-20(24)15-6-8-16(25-3)9-7-15/h4-11,13H,12H2,1-3H3,(H,21,23,24). The zero-order chi connectivity index (χ0) is 19.2. The van der Waals surface area contributed by atoms with Gasteiger partial charge in [0.05, 0.1) is 13.7 Å². The molecule has 0 aliphatic rings. The van der Waals surface area contributed by atoms with Crippen molar-refractivity contribution in [3.63, 3.8) is 0 Å². The minimum absolute atomic E-state index is 0.256. The van der Waals surface area contributed by atoms with Gasteiger partial charge in [0.15, 0.2) is 5.69 Å². The Morgan fingerprint density at radius 3 is 2.33 bits per heavy atom. The Hall–Kier alpha value is -3.35. The fourth-order valence-corrected chi connectivity index (χ4v) is 2.35. The Bertz CT molecular complexity index is 886. The van der Waals surface area contributed by atoms with Crippen molar-refractivity contribution in [2.45, 2.75) is 13.8 Å². The molecule has 7 nitrogen and oxygen atoms in total. The molecule has 27 heavy (non-hydrogen) atoms. The highest BCUT2D eigenvalue weighted by Crippen LogP contribution is 2.27. The molecule has 3 rings (SSSR count). The topological polar surface area (TPSA) is 86.5 Å². The van der Waals surface area contributed by atoms with Crippen LogP contribution in [0, 0.1) is 5.92 Å².